The van der Waals surface area contributed by atoms with Crippen LogP contribution in [0.4, 0.5) is 8.78 Å². The number of hydrogen-bond donors (Lipinski definition) is 2. The second kappa shape index (κ2) is 11.5. The van der Waals surface area contributed by atoms with E-state index in [1.54, 1.807) is 18.2 Å². The third-order valence-electron chi connectivity index (χ3n) is 6.39. The molecule has 1 amide bonds. The third-order valence-corrected chi connectivity index (χ3v) is 8.37. The highest BCUT2D eigenvalue weighted by Gasteiger charge is 2.38. The summed E-state index contributed by atoms with van der Waals surface area (Å²) < 4.78 is 35.2. The smallest absolute Gasteiger partial charge is 0.303 e. The first-order valence-corrected chi connectivity index (χ1v) is 15.8. The summed E-state index contributed by atoms with van der Waals surface area (Å²) in [6, 6.07) is 6.40. The van der Waals surface area contributed by atoms with Crippen molar-refractivity contribution < 1.29 is 38.1 Å². The molecule has 0 fully saturated rings. The maximum Gasteiger partial charge on any atom is 0.303 e. The van der Waals surface area contributed by atoms with Crippen LogP contribution in [0.15, 0.2) is 30.3 Å². The number of carboxylic acids is 1. The van der Waals surface area contributed by atoms with Crippen molar-refractivity contribution in [1.29, 1.82) is 0 Å². The summed E-state index contributed by atoms with van der Waals surface area (Å²) >= 11 is 0. The number of benzene rings is 2. The predicted molar refractivity (Wildman–Crippen MR) is 137 cm³/mol. The van der Waals surface area contributed by atoms with E-state index in [0.29, 0.717) is 24.3 Å². The number of carbonyl (C=O) groups excluding carboxylic acids is 2. The molecule has 3 rings (SSSR count). The molecule has 1 aliphatic rings. The summed E-state index contributed by atoms with van der Waals surface area (Å²) in [6.07, 6.45) is -2.23. The fourth-order valence-electron chi connectivity index (χ4n) is 4.76. The molecule has 2 N–H and O–H groups in total. The molecule has 1 heterocycles. The molecule has 2 aromatic carbocycles. The van der Waals surface area contributed by atoms with Crippen LogP contribution in [0, 0.1) is 11.6 Å². The van der Waals surface area contributed by atoms with Crippen molar-refractivity contribution >= 4 is 30.9 Å². The van der Waals surface area contributed by atoms with Gasteiger partial charge in [-0.3, -0.25) is 14.4 Å². The van der Waals surface area contributed by atoms with Crippen molar-refractivity contribution in [2.75, 3.05) is 13.2 Å². The number of Topliss-reactive ketones (excluding diaryl/α,β-unsaturated/α-hetero) is 1. The average molecular weight is 534 g/mol. The summed E-state index contributed by atoms with van der Waals surface area (Å²) in [7, 11) is -2.30. The maximum atomic E-state index is 14.8. The minimum atomic E-state index is -2.30. The van der Waals surface area contributed by atoms with Crippen molar-refractivity contribution in [2.24, 2.45) is 0 Å². The number of aliphatic hydroxyl groups excluding tert-OH is 1. The Morgan fingerprint density at radius 1 is 1.14 bits per heavy atom. The lowest BCUT2D eigenvalue weighted by atomic mass is 9.87. The van der Waals surface area contributed by atoms with Gasteiger partial charge >= 0.3 is 5.97 Å². The van der Waals surface area contributed by atoms with E-state index in [1.807, 2.05) is 26.6 Å². The summed E-state index contributed by atoms with van der Waals surface area (Å²) in [6.45, 7) is 7.89. The van der Waals surface area contributed by atoms with Crippen LogP contribution in [0.5, 0.6) is 5.75 Å². The van der Waals surface area contributed by atoms with E-state index in [9.17, 15) is 28.3 Å². The second-order valence-electron chi connectivity index (χ2n) is 10.3. The molecular weight excluding hydrogens is 500 g/mol. The van der Waals surface area contributed by atoms with Gasteiger partial charge in [0.25, 0.3) is 5.91 Å². The Kier molecular flexibility index (Phi) is 8.86. The molecule has 0 aliphatic carbocycles. The predicted octanol–water partition coefficient (Wildman–Crippen LogP) is 3.37. The molecule has 0 radical (unpaired) electrons. The van der Waals surface area contributed by atoms with E-state index in [4.69, 9.17) is 9.84 Å². The molecule has 1 aliphatic heterocycles. The Labute approximate surface area is 216 Å². The molecule has 37 heavy (non-hydrogen) atoms. The lowest BCUT2D eigenvalue weighted by Gasteiger charge is -2.37. The highest BCUT2D eigenvalue weighted by atomic mass is 28.3. The highest BCUT2D eigenvalue weighted by Crippen LogP contribution is 2.34. The molecule has 0 saturated heterocycles. The minimum Gasteiger partial charge on any atom is -0.494 e. The Morgan fingerprint density at radius 2 is 1.78 bits per heavy atom. The number of ketones is 1. The van der Waals surface area contributed by atoms with Crippen molar-refractivity contribution in [3.63, 3.8) is 0 Å². The van der Waals surface area contributed by atoms with Crippen molar-refractivity contribution in [3.05, 3.63) is 58.7 Å². The Balaban J connectivity index is 1.97. The first-order valence-electron chi connectivity index (χ1n) is 12.3. The van der Waals surface area contributed by atoms with Crippen LogP contribution in [-0.2, 0) is 27.2 Å². The molecule has 2 atom stereocenters. The number of amides is 1. The van der Waals surface area contributed by atoms with Crippen molar-refractivity contribution in [2.45, 2.75) is 64.4 Å². The Morgan fingerprint density at radius 3 is 2.35 bits per heavy atom. The lowest BCUT2D eigenvalue weighted by Crippen LogP contribution is -2.48. The van der Waals surface area contributed by atoms with E-state index in [-0.39, 0.29) is 30.1 Å². The number of carboxylic acid groups (broad SMARTS) is 1. The molecule has 200 valence electrons. The zero-order chi connectivity index (χ0) is 27.5. The van der Waals surface area contributed by atoms with Crippen LogP contribution < -0.4 is 9.92 Å². The standard InChI is InChI=1S/C27H33F2NO6Si/c1-5-36-18-6-7-19-17(15-18)10-11-30(27(35)22(31)8-9-24(33)34)25(19)23(32)14-16-12-20(28)26(21(29)13-16)37(2,3)4/h6-7,12-13,15,22,25,31H,5,8-11,14H2,1-4H3,(H,33,34)/t22-,25-/m1/s1. The molecule has 0 aromatic heterocycles. The zero-order valence-electron chi connectivity index (χ0n) is 21.5. The topological polar surface area (TPSA) is 104 Å². The number of nitrogens with zero attached hydrogens (tertiary/aromatic N) is 1. The monoisotopic (exact) mass is 533 g/mol. The summed E-state index contributed by atoms with van der Waals surface area (Å²) in [5.41, 5.74) is 1.48. The summed E-state index contributed by atoms with van der Waals surface area (Å²) in [4.78, 5) is 38.9. The van der Waals surface area contributed by atoms with Gasteiger partial charge in [0.1, 0.15) is 29.5 Å². The van der Waals surface area contributed by atoms with Gasteiger partial charge in [-0.2, -0.15) is 0 Å². The molecule has 7 nitrogen and oxygen atoms in total. The van der Waals surface area contributed by atoms with Gasteiger partial charge < -0.3 is 19.8 Å². The van der Waals surface area contributed by atoms with Crippen LogP contribution in [0.25, 0.3) is 0 Å². The summed E-state index contributed by atoms with van der Waals surface area (Å²) in [5, 5.41) is 19.3. The van der Waals surface area contributed by atoms with Gasteiger partial charge in [0, 0.05) is 24.6 Å². The normalized spacial score (nSPS) is 16.2. The molecule has 0 bridgehead atoms. The zero-order valence-corrected chi connectivity index (χ0v) is 22.5. The fraction of sp³-hybridized carbons (Fsp3) is 0.444. The number of halogens is 2. The maximum absolute atomic E-state index is 14.8. The number of fused-ring (bicyclic) bond motifs is 1. The second-order valence-corrected chi connectivity index (χ2v) is 15.3. The number of hydrogen-bond acceptors (Lipinski definition) is 5. The number of carbonyl (C=O) groups is 3. The van der Waals surface area contributed by atoms with Crippen molar-refractivity contribution in [1.82, 2.24) is 4.90 Å². The first-order chi connectivity index (χ1) is 17.3. The lowest BCUT2D eigenvalue weighted by molar-refractivity contribution is -0.148. The van der Waals surface area contributed by atoms with Gasteiger partial charge in [-0.05, 0) is 60.7 Å². The summed E-state index contributed by atoms with van der Waals surface area (Å²) in [5.74, 6) is -3.15. The van der Waals surface area contributed by atoms with E-state index in [2.05, 4.69) is 0 Å². The Hall–Kier alpha value is -3.11. The first kappa shape index (κ1) is 28.5. The molecule has 2 aromatic rings. The number of rotatable bonds is 10. The third kappa shape index (κ3) is 6.61. The van der Waals surface area contributed by atoms with Gasteiger partial charge in [-0.1, -0.05) is 25.7 Å². The molecule has 0 saturated carbocycles. The van der Waals surface area contributed by atoms with Crippen LogP contribution in [0.3, 0.4) is 0 Å². The number of ether oxygens (including phenoxy) is 1. The van der Waals surface area contributed by atoms with E-state index in [0.717, 1.165) is 5.56 Å². The largest absolute Gasteiger partial charge is 0.494 e. The fourth-order valence-corrected chi connectivity index (χ4v) is 6.34. The highest BCUT2D eigenvalue weighted by molar-refractivity contribution is 6.88. The quantitative estimate of drug-likeness (QED) is 0.454. The van der Waals surface area contributed by atoms with Gasteiger partial charge in [0.2, 0.25) is 0 Å². The molecule has 10 heteroatoms. The number of aliphatic hydroxyl groups is 1. The van der Waals surface area contributed by atoms with Crippen molar-refractivity contribution in [3.8, 4) is 5.75 Å². The van der Waals surface area contributed by atoms with E-state index < -0.39 is 55.9 Å². The minimum absolute atomic E-state index is 0.0634. The van der Waals surface area contributed by atoms with Gasteiger partial charge in [0.15, 0.2) is 5.78 Å². The Bertz CT molecular complexity index is 1170. The van der Waals surface area contributed by atoms with Crippen LogP contribution in [0.1, 0.15) is 42.5 Å². The van der Waals surface area contributed by atoms with E-state index in [1.165, 1.54) is 17.0 Å². The van der Waals surface area contributed by atoms with E-state index >= 15 is 0 Å². The SMILES string of the molecule is CCOc1ccc2c(c1)CCN(C(=O)[C@H](O)CCC(=O)O)[C@H]2C(=O)Cc1cc(F)c([Si](C)(C)C)c(F)c1. The van der Waals surface area contributed by atoms with Crippen LogP contribution >= 0.6 is 0 Å². The van der Waals surface area contributed by atoms with Gasteiger partial charge in [0.05, 0.1) is 14.7 Å². The van der Waals surface area contributed by atoms with Gasteiger partial charge in [-0.15, -0.1) is 0 Å². The van der Waals surface area contributed by atoms with Crippen LogP contribution in [0.2, 0.25) is 19.6 Å². The van der Waals surface area contributed by atoms with Crippen LogP contribution in [-0.4, -0.2) is 60.1 Å². The molecule has 0 spiro atoms. The molecule has 0 unspecified atom stereocenters. The number of aliphatic carboxylic acids is 1. The average Bonchev–Trinajstić information content (AvgIpc) is 2.79. The molecular formula is C27H33F2NO6Si. The van der Waals surface area contributed by atoms with Gasteiger partial charge in [-0.25, -0.2) is 8.78 Å².